The second-order valence-electron chi connectivity index (χ2n) is 4.78. The number of nitrogens with zero attached hydrogens (tertiary/aromatic N) is 1. The van der Waals surface area contributed by atoms with Crippen molar-refractivity contribution in [2.75, 3.05) is 6.54 Å². The van der Waals surface area contributed by atoms with Crippen LogP contribution in [-0.2, 0) is 11.3 Å². The van der Waals surface area contributed by atoms with Gasteiger partial charge in [-0.2, -0.15) is 0 Å². The maximum absolute atomic E-state index is 12.0. The van der Waals surface area contributed by atoms with Crippen LogP contribution in [0.1, 0.15) is 38.8 Å². The molecule has 0 fully saturated rings. The highest BCUT2D eigenvalue weighted by molar-refractivity contribution is 7.07. The van der Waals surface area contributed by atoms with Crippen LogP contribution in [0.25, 0.3) is 0 Å². The van der Waals surface area contributed by atoms with Gasteiger partial charge in [0.1, 0.15) is 0 Å². The van der Waals surface area contributed by atoms with E-state index in [1.165, 1.54) is 11.3 Å². The Kier molecular flexibility index (Phi) is 5.75. The second-order valence-corrected chi connectivity index (χ2v) is 5.61. The molecule has 1 aromatic rings. The second kappa shape index (κ2) is 6.86. The zero-order valence-electron chi connectivity index (χ0n) is 11.9. The van der Waals surface area contributed by atoms with Gasteiger partial charge in [0.15, 0.2) is 0 Å². The van der Waals surface area contributed by atoms with E-state index in [0.29, 0.717) is 19.5 Å². The van der Waals surface area contributed by atoms with Gasteiger partial charge in [-0.25, -0.2) is 0 Å². The molecule has 1 amide bonds. The van der Waals surface area contributed by atoms with E-state index >= 15 is 0 Å². The summed E-state index contributed by atoms with van der Waals surface area (Å²) in [4.78, 5) is 23.5. The third-order valence-corrected chi connectivity index (χ3v) is 4.57. The van der Waals surface area contributed by atoms with Crippen LogP contribution in [0.3, 0.4) is 0 Å². The number of carbonyl (C=O) groups is 1. The number of thiazole rings is 1. The molecule has 0 saturated carbocycles. The number of aromatic nitrogens is 1. The molecule has 0 bridgehead atoms. The first kappa shape index (κ1) is 15.9. The summed E-state index contributed by atoms with van der Waals surface area (Å²) < 4.78 is 1.63. The largest absolute Gasteiger partial charge is 0.349 e. The minimum Gasteiger partial charge on any atom is -0.349 e. The van der Waals surface area contributed by atoms with Crippen LogP contribution in [0.4, 0.5) is 0 Å². The summed E-state index contributed by atoms with van der Waals surface area (Å²) in [6.45, 7) is 6.77. The van der Waals surface area contributed by atoms with Crippen LogP contribution in [0.15, 0.2) is 10.2 Å². The van der Waals surface area contributed by atoms with E-state index in [2.05, 4.69) is 5.32 Å². The van der Waals surface area contributed by atoms with Gasteiger partial charge in [0.2, 0.25) is 5.91 Å². The van der Waals surface area contributed by atoms with Crippen LogP contribution in [0.2, 0.25) is 0 Å². The van der Waals surface area contributed by atoms with Gasteiger partial charge in [-0.05, 0) is 19.8 Å². The molecule has 0 aliphatic carbocycles. The number of carbonyl (C=O) groups excluding carboxylic acids is 1. The molecule has 5 nitrogen and oxygen atoms in total. The van der Waals surface area contributed by atoms with Gasteiger partial charge in [0, 0.05) is 30.6 Å². The molecule has 108 valence electrons. The molecule has 0 saturated heterocycles. The molecule has 0 atom stereocenters. The smallest absolute Gasteiger partial charge is 0.307 e. The molecular weight excluding hydrogens is 262 g/mol. The number of amides is 1. The van der Waals surface area contributed by atoms with Crippen molar-refractivity contribution >= 4 is 17.2 Å². The minimum atomic E-state index is -0.314. The molecule has 6 heteroatoms. The quantitative estimate of drug-likeness (QED) is 0.791. The summed E-state index contributed by atoms with van der Waals surface area (Å²) in [5, 5.41) is 4.81. The molecule has 1 aromatic heterocycles. The zero-order valence-corrected chi connectivity index (χ0v) is 12.7. The highest BCUT2D eigenvalue weighted by Crippen LogP contribution is 2.13. The number of nitrogens with two attached hydrogens (primary N) is 1. The average Bonchev–Trinajstić information content (AvgIpc) is 2.73. The third-order valence-electron chi connectivity index (χ3n) is 3.69. The van der Waals surface area contributed by atoms with Crippen molar-refractivity contribution in [3.63, 3.8) is 0 Å². The van der Waals surface area contributed by atoms with E-state index in [0.717, 1.165) is 18.5 Å². The topological polar surface area (TPSA) is 77.1 Å². The molecule has 0 spiro atoms. The molecule has 0 radical (unpaired) electrons. The third kappa shape index (κ3) is 3.91. The lowest BCUT2D eigenvalue weighted by atomic mass is 9.93. The lowest BCUT2D eigenvalue weighted by Gasteiger charge is -2.31. The highest BCUT2D eigenvalue weighted by Gasteiger charge is 2.26. The van der Waals surface area contributed by atoms with Crippen molar-refractivity contribution in [1.82, 2.24) is 9.88 Å². The van der Waals surface area contributed by atoms with Gasteiger partial charge in [-0.15, -0.1) is 0 Å². The summed E-state index contributed by atoms with van der Waals surface area (Å²) in [5.41, 5.74) is 6.34. The first-order chi connectivity index (χ1) is 8.98. The predicted molar refractivity (Wildman–Crippen MR) is 78.4 cm³/mol. The van der Waals surface area contributed by atoms with Crippen molar-refractivity contribution < 1.29 is 4.79 Å². The van der Waals surface area contributed by atoms with Crippen molar-refractivity contribution in [2.24, 2.45) is 5.73 Å². The first-order valence-electron chi connectivity index (χ1n) is 6.64. The SMILES string of the molecule is CCC(CC)(CN)NC(=O)CCn1c(C)csc1=O. The van der Waals surface area contributed by atoms with Crippen LogP contribution in [0.5, 0.6) is 0 Å². The summed E-state index contributed by atoms with van der Waals surface area (Å²) in [6, 6.07) is 0. The van der Waals surface area contributed by atoms with E-state index in [-0.39, 0.29) is 16.3 Å². The van der Waals surface area contributed by atoms with E-state index in [9.17, 15) is 9.59 Å². The molecule has 0 aliphatic heterocycles. The molecule has 1 rings (SSSR count). The summed E-state index contributed by atoms with van der Waals surface area (Å²) >= 11 is 1.17. The van der Waals surface area contributed by atoms with E-state index in [1.54, 1.807) is 4.57 Å². The summed E-state index contributed by atoms with van der Waals surface area (Å²) in [7, 11) is 0. The van der Waals surface area contributed by atoms with Gasteiger partial charge < -0.3 is 15.6 Å². The molecule has 0 unspecified atom stereocenters. The number of rotatable bonds is 7. The van der Waals surface area contributed by atoms with Gasteiger partial charge in [0.25, 0.3) is 0 Å². The van der Waals surface area contributed by atoms with Crippen molar-refractivity contribution in [3.05, 3.63) is 20.7 Å². The molecule has 0 aliphatic rings. The molecule has 19 heavy (non-hydrogen) atoms. The van der Waals surface area contributed by atoms with Gasteiger partial charge in [-0.3, -0.25) is 9.59 Å². The maximum atomic E-state index is 12.0. The van der Waals surface area contributed by atoms with Crippen LogP contribution in [0, 0.1) is 6.92 Å². The summed E-state index contributed by atoms with van der Waals surface area (Å²) in [6.07, 6.45) is 1.92. The predicted octanol–water partition coefficient (Wildman–Crippen LogP) is 1.24. The Balaban J connectivity index is 2.59. The Labute approximate surface area is 117 Å². The number of aryl methyl sites for hydroxylation is 1. The van der Waals surface area contributed by atoms with Gasteiger partial charge in [-0.1, -0.05) is 25.2 Å². The standard InChI is InChI=1S/C13H23N3O2S/c1-4-13(5-2,9-14)15-11(17)6-7-16-10(3)8-19-12(16)18/h8H,4-7,9,14H2,1-3H3,(H,15,17). The lowest BCUT2D eigenvalue weighted by molar-refractivity contribution is -0.123. The number of hydrogen-bond acceptors (Lipinski definition) is 4. The minimum absolute atomic E-state index is 0.0126. The van der Waals surface area contributed by atoms with Crippen molar-refractivity contribution in [1.29, 1.82) is 0 Å². The van der Waals surface area contributed by atoms with Crippen LogP contribution >= 0.6 is 11.3 Å². The fourth-order valence-corrected chi connectivity index (χ4v) is 2.77. The Morgan fingerprint density at radius 3 is 2.53 bits per heavy atom. The highest BCUT2D eigenvalue weighted by atomic mass is 32.1. The van der Waals surface area contributed by atoms with E-state index < -0.39 is 0 Å². The molecular formula is C13H23N3O2S. The fourth-order valence-electron chi connectivity index (χ4n) is 2.01. The van der Waals surface area contributed by atoms with Gasteiger partial charge in [0.05, 0.1) is 5.54 Å². The first-order valence-corrected chi connectivity index (χ1v) is 7.52. The Morgan fingerprint density at radius 2 is 2.11 bits per heavy atom. The normalized spacial score (nSPS) is 11.6. The van der Waals surface area contributed by atoms with Crippen LogP contribution < -0.4 is 15.9 Å². The number of hydrogen-bond donors (Lipinski definition) is 2. The van der Waals surface area contributed by atoms with Crippen molar-refractivity contribution in [2.45, 2.75) is 52.1 Å². The lowest BCUT2D eigenvalue weighted by Crippen LogP contribution is -2.53. The Morgan fingerprint density at radius 1 is 1.47 bits per heavy atom. The Bertz CT molecular complexity index is 466. The summed E-state index contributed by atoms with van der Waals surface area (Å²) in [5.74, 6) is -0.0494. The average molecular weight is 285 g/mol. The van der Waals surface area contributed by atoms with Gasteiger partial charge >= 0.3 is 4.87 Å². The fraction of sp³-hybridized carbons (Fsp3) is 0.692. The number of nitrogens with one attached hydrogen (secondary N) is 1. The van der Waals surface area contributed by atoms with E-state index in [4.69, 9.17) is 5.73 Å². The van der Waals surface area contributed by atoms with E-state index in [1.807, 2.05) is 26.2 Å². The molecule has 0 aromatic carbocycles. The molecule has 3 N–H and O–H groups in total. The Hall–Kier alpha value is -1.14. The monoisotopic (exact) mass is 285 g/mol. The molecule has 1 heterocycles. The van der Waals surface area contributed by atoms with Crippen LogP contribution in [-0.4, -0.2) is 22.6 Å². The maximum Gasteiger partial charge on any atom is 0.307 e. The van der Waals surface area contributed by atoms with Crippen molar-refractivity contribution in [3.8, 4) is 0 Å². The zero-order chi connectivity index (χ0) is 14.5.